The molecule has 0 saturated carbocycles. The Morgan fingerprint density at radius 1 is 1.15 bits per heavy atom. The van der Waals surface area contributed by atoms with Gasteiger partial charge in [-0.3, -0.25) is 4.79 Å². The van der Waals surface area contributed by atoms with Gasteiger partial charge in [-0.15, -0.1) is 0 Å². The second kappa shape index (κ2) is 8.69. The third-order valence-electron chi connectivity index (χ3n) is 4.08. The molecule has 1 aromatic carbocycles. The molecule has 0 N–H and O–H groups in total. The summed E-state index contributed by atoms with van der Waals surface area (Å²) in [5.74, 6) is 2.30. The van der Waals surface area contributed by atoms with Crippen LogP contribution in [0.2, 0.25) is 0 Å². The van der Waals surface area contributed by atoms with Gasteiger partial charge in [0.1, 0.15) is 0 Å². The first kappa shape index (κ1) is 19.8. The van der Waals surface area contributed by atoms with Crippen molar-refractivity contribution in [3.05, 3.63) is 24.1 Å². The summed E-state index contributed by atoms with van der Waals surface area (Å²) in [4.78, 5) is 18.6. The average molecular weight is 361 g/mol. The van der Waals surface area contributed by atoms with Crippen molar-refractivity contribution in [2.24, 2.45) is 5.92 Å². The van der Waals surface area contributed by atoms with Gasteiger partial charge in [0, 0.05) is 30.5 Å². The number of nitrogens with zero attached hydrogens (tertiary/aromatic N) is 3. The van der Waals surface area contributed by atoms with Crippen molar-refractivity contribution < 1.29 is 18.8 Å². The summed E-state index contributed by atoms with van der Waals surface area (Å²) in [6.07, 6.45) is 0.511. The second-order valence-corrected chi connectivity index (χ2v) is 6.61. The molecule has 0 aliphatic heterocycles. The molecule has 2 rings (SSSR count). The molecule has 0 bridgehead atoms. The Bertz CT molecular complexity index is 740. The van der Waals surface area contributed by atoms with Crippen LogP contribution in [0.25, 0.3) is 11.4 Å². The van der Waals surface area contributed by atoms with Gasteiger partial charge in [0.05, 0.1) is 14.2 Å². The number of aromatic nitrogens is 2. The Kier molecular flexibility index (Phi) is 6.60. The predicted octanol–water partition coefficient (Wildman–Crippen LogP) is 3.19. The fourth-order valence-corrected chi connectivity index (χ4v) is 2.62. The smallest absolute Gasteiger partial charge is 0.228 e. The highest BCUT2D eigenvalue weighted by molar-refractivity contribution is 5.78. The lowest BCUT2D eigenvalue weighted by molar-refractivity contribution is -0.136. The Morgan fingerprint density at radius 2 is 1.85 bits per heavy atom. The second-order valence-electron chi connectivity index (χ2n) is 6.61. The van der Waals surface area contributed by atoms with E-state index in [1.54, 1.807) is 26.4 Å². The number of methoxy groups -OCH3 is 2. The lowest BCUT2D eigenvalue weighted by Gasteiger charge is -2.27. The Balaban J connectivity index is 2.11. The maximum Gasteiger partial charge on any atom is 0.228 e. The lowest BCUT2D eigenvalue weighted by atomic mass is 10.1. The Morgan fingerprint density at radius 3 is 2.42 bits per heavy atom. The molecule has 0 unspecified atom stereocenters. The van der Waals surface area contributed by atoms with Crippen LogP contribution >= 0.6 is 0 Å². The van der Waals surface area contributed by atoms with Crippen LogP contribution in [0.1, 0.15) is 33.6 Å². The molecule has 7 nitrogen and oxygen atoms in total. The number of hydrogen-bond acceptors (Lipinski definition) is 6. The molecule has 142 valence electrons. The van der Waals surface area contributed by atoms with Crippen molar-refractivity contribution >= 4 is 5.91 Å². The number of hydrogen-bond donors (Lipinski definition) is 0. The fourth-order valence-electron chi connectivity index (χ4n) is 2.62. The van der Waals surface area contributed by atoms with Gasteiger partial charge in [0.15, 0.2) is 11.5 Å². The summed E-state index contributed by atoms with van der Waals surface area (Å²) in [6.45, 7) is 8.35. The molecule has 1 heterocycles. The van der Waals surface area contributed by atoms with Crippen molar-refractivity contribution in [3.8, 4) is 22.9 Å². The van der Waals surface area contributed by atoms with Crippen LogP contribution in [-0.2, 0) is 11.2 Å². The van der Waals surface area contributed by atoms with Crippen molar-refractivity contribution in [3.63, 3.8) is 0 Å². The largest absolute Gasteiger partial charge is 0.493 e. The van der Waals surface area contributed by atoms with Crippen LogP contribution in [0.3, 0.4) is 0 Å². The van der Waals surface area contributed by atoms with Crippen LogP contribution in [0, 0.1) is 5.92 Å². The molecule has 0 spiro atoms. The third kappa shape index (κ3) is 4.53. The first-order chi connectivity index (χ1) is 12.4. The van der Waals surface area contributed by atoms with Crippen LogP contribution in [0.15, 0.2) is 22.7 Å². The van der Waals surface area contributed by atoms with Crippen LogP contribution in [-0.4, -0.2) is 47.8 Å². The molecule has 0 saturated heterocycles. The van der Waals surface area contributed by atoms with Gasteiger partial charge in [-0.25, -0.2) is 0 Å². The molecule has 0 aliphatic rings. The first-order valence-electron chi connectivity index (χ1n) is 8.72. The van der Waals surface area contributed by atoms with Gasteiger partial charge in [-0.2, -0.15) is 4.98 Å². The van der Waals surface area contributed by atoms with E-state index < -0.39 is 0 Å². The van der Waals surface area contributed by atoms with Gasteiger partial charge in [0.2, 0.25) is 17.6 Å². The number of carbonyl (C=O) groups excluding carboxylic acids is 1. The Labute approximate surface area is 154 Å². The van der Waals surface area contributed by atoms with Crippen LogP contribution in [0.5, 0.6) is 11.5 Å². The molecule has 0 aliphatic carbocycles. The van der Waals surface area contributed by atoms with E-state index in [4.69, 9.17) is 14.0 Å². The minimum atomic E-state index is -0.0394. The normalized spacial score (nSPS) is 11.1. The average Bonchev–Trinajstić information content (AvgIpc) is 3.09. The minimum Gasteiger partial charge on any atom is -0.493 e. The number of benzene rings is 1. The third-order valence-corrected chi connectivity index (χ3v) is 4.08. The summed E-state index contributed by atoms with van der Waals surface area (Å²) in [5.41, 5.74) is 0.775. The molecule has 0 fully saturated rings. The Hall–Kier alpha value is -2.57. The van der Waals surface area contributed by atoms with E-state index in [0.717, 1.165) is 5.56 Å². The van der Waals surface area contributed by atoms with Crippen molar-refractivity contribution in [2.45, 2.75) is 40.2 Å². The van der Waals surface area contributed by atoms with Gasteiger partial charge in [0.25, 0.3) is 0 Å². The molecule has 7 heteroatoms. The standard InChI is InChI=1S/C19H27N3O4/c1-12(2)19(23)22(13(3)4)10-9-17-20-18(21-26-17)14-7-8-15(24-5)16(11-14)25-6/h7-8,11-13H,9-10H2,1-6H3. The highest BCUT2D eigenvalue weighted by atomic mass is 16.5. The summed E-state index contributed by atoms with van der Waals surface area (Å²) in [5, 5.41) is 4.03. The van der Waals surface area contributed by atoms with Gasteiger partial charge in [-0.05, 0) is 32.0 Å². The quantitative estimate of drug-likeness (QED) is 0.718. The van der Waals surface area contributed by atoms with Crippen molar-refractivity contribution in [1.29, 1.82) is 0 Å². The molecule has 2 aromatic rings. The maximum atomic E-state index is 12.3. The zero-order valence-electron chi connectivity index (χ0n) is 16.3. The van der Waals surface area contributed by atoms with E-state index in [9.17, 15) is 4.79 Å². The molecular weight excluding hydrogens is 334 g/mol. The van der Waals surface area contributed by atoms with E-state index in [0.29, 0.717) is 36.2 Å². The number of ether oxygens (including phenoxy) is 2. The van der Waals surface area contributed by atoms with Crippen LogP contribution in [0.4, 0.5) is 0 Å². The SMILES string of the molecule is COc1ccc(-c2noc(CCN(C(=O)C(C)C)C(C)C)n2)cc1OC. The summed E-state index contributed by atoms with van der Waals surface area (Å²) >= 11 is 0. The number of carbonyl (C=O) groups is 1. The molecule has 1 amide bonds. The number of amides is 1. The molecular formula is C19H27N3O4. The number of rotatable bonds is 8. The lowest BCUT2D eigenvalue weighted by Crippen LogP contribution is -2.40. The van der Waals surface area contributed by atoms with E-state index >= 15 is 0 Å². The van der Waals surface area contributed by atoms with E-state index in [1.165, 1.54) is 0 Å². The summed E-state index contributed by atoms with van der Waals surface area (Å²) in [6, 6.07) is 5.57. The van der Waals surface area contributed by atoms with E-state index in [2.05, 4.69) is 10.1 Å². The maximum absolute atomic E-state index is 12.3. The van der Waals surface area contributed by atoms with E-state index in [-0.39, 0.29) is 17.9 Å². The van der Waals surface area contributed by atoms with Gasteiger partial charge in [-0.1, -0.05) is 19.0 Å². The molecule has 0 atom stereocenters. The van der Waals surface area contributed by atoms with E-state index in [1.807, 2.05) is 38.7 Å². The molecule has 26 heavy (non-hydrogen) atoms. The van der Waals surface area contributed by atoms with Crippen molar-refractivity contribution in [1.82, 2.24) is 15.0 Å². The van der Waals surface area contributed by atoms with Gasteiger partial charge < -0.3 is 18.9 Å². The highest BCUT2D eigenvalue weighted by Gasteiger charge is 2.21. The van der Waals surface area contributed by atoms with Gasteiger partial charge >= 0.3 is 0 Å². The zero-order chi connectivity index (χ0) is 19.3. The predicted molar refractivity (Wildman–Crippen MR) is 98.2 cm³/mol. The fraction of sp³-hybridized carbons (Fsp3) is 0.526. The summed E-state index contributed by atoms with van der Waals surface area (Å²) < 4.78 is 15.9. The van der Waals surface area contributed by atoms with Crippen molar-refractivity contribution in [2.75, 3.05) is 20.8 Å². The minimum absolute atomic E-state index is 0.0394. The molecule has 1 aromatic heterocycles. The monoisotopic (exact) mass is 361 g/mol. The first-order valence-corrected chi connectivity index (χ1v) is 8.72. The topological polar surface area (TPSA) is 77.7 Å². The summed E-state index contributed by atoms with van der Waals surface area (Å²) in [7, 11) is 3.17. The van der Waals surface area contributed by atoms with Crippen LogP contribution < -0.4 is 9.47 Å². The molecule has 0 radical (unpaired) electrons. The zero-order valence-corrected chi connectivity index (χ0v) is 16.3. The highest BCUT2D eigenvalue weighted by Crippen LogP contribution is 2.31.